The van der Waals surface area contributed by atoms with E-state index in [4.69, 9.17) is 0 Å². The third-order valence-corrected chi connectivity index (χ3v) is 2.54. The lowest BCUT2D eigenvalue weighted by Gasteiger charge is -2.11. The van der Waals surface area contributed by atoms with E-state index in [-0.39, 0.29) is 11.6 Å². The van der Waals surface area contributed by atoms with Crippen molar-refractivity contribution in [3.63, 3.8) is 0 Å². The molecule has 0 saturated heterocycles. The van der Waals surface area contributed by atoms with E-state index in [9.17, 15) is 13.2 Å². The number of likely N-dealkylation sites (N-methyl/N-ethyl adjacent to an activating group) is 1. The molecule has 0 radical (unpaired) electrons. The van der Waals surface area contributed by atoms with Crippen molar-refractivity contribution < 1.29 is 13.2 Å². The van der Waals surface area contributed by atoms with Crippen molar-refractivity contribution in [1.82, 2.24) is 5.32 Å². The topological polar surface area (TPSA) is 12.0 Å². The molecule has 0 aliphatic heterocycles. The SMILES string of the molecule is CNC(C)/C(C)=C/c1cc(F)c(F)cc1F. The highest BCUT2D eigenvalue weighted by Crippen LogP contribution is 2.17. The first-order chi connectivity index (χ1) is 7.45. The van der Waals surface area contributed by atoms with Crippen LogP contribution in [0.4, 0.5) is 13.2 Å². The van der Waals surface area contributed by atoms with E-state index >= 15 is 0 Å². The molecule has 0 heterocycles. The summed E-state index contributed by atoms with van der Waals surface area (Å²) in [5.41, 5.74) is 0.894. The van der Waals surface area contributed by atoms with Gasteiger partial charge >= 0.3 is 0 Å². The molecule has 1 aromatic rings. The Balaban J connectivity index is 3.10. The molecule has 0 amide bonds. The number of benzene rings is 1. The Bertz CT molecular complexity index is 413. The molecule has 1 unspecified atom stereocenters. The highest BCUT2D eigenvalue weighted by molar-refractivity contribution is 5.54. The van der Waals surface area contributed by atoms with Crippen molar-refractivity contribution in [2.45, 2.75) is 19.9 Å². The molecule has 0 aromatic heterocycles. The molecule has 0 spiro atoms. The van der Waals surface area contributed by atoms with Gasteiger partial charge in [-0.3, -0.25) is 0 Å². The summed E-state index contributed by atoms with van der Waals surface area (Å²) in [6, 6.07) is 1.46. The molecule has 88 valence electrons. The van der Waals surface area contributed by atoms with Crippen molar-refractivity contribution in [2.24, 2.45) is 0 Å². The van der Waals surface area contributed by atoms with Crippen LogP contribution >= 0.6 is 0 Å². The second-order valence-electron chi connectivity index (χ2n) is 3.69. The Morgan fingerprint density at radius 1 is 1.19 bits per heavy atom. The maximum Gasteiger partial charge on any atom is 0.161 e. The molecule has 0 fully saturated rings. The Morgan fingerprint density at radius 3 is 2.31 bits per heavy atom. The van der Waals surface area contributed by atoms with Crippen LogP contribution in [0.1, 0.15) is 19.4 Å². The van der Waals surface area contributed by atoms with Crippen LogP contribution in [0.15, 0.2) is 17.7 Å². The molecule has 16 heavy (non-hydrogen) atoms. The Labute approximate surface area is 93.0 Å². The van der Waals surface area contributed by atoms with Crippen LogP contribution in [0.2, 0.25) is 0 Å². The van der Waals surface area contributed by atoms with Gasteiger partial charge in [-0.1, -0.05) is 11.6 Å². The van der Waals surface area contributed by atoms with E-state index < -0.39 is 17.5 Å². The fraction of sp³-hybridized carbons (Fsp3) is 0.333. The lowest BCUT2D eigenvalue weighted by molar-refractivity contribution is 0.494. The molecule has 1 rings (SSSR count). The first kappa shape index (κ1) is 12.8. The number of hydrogen-bond acceptors (Lipinski definition) is 1. The van der Waals surface area contributed by atoms with Crippen molar-refractivity contribution in [3.05, 3.63) is 40.7 Å². The van der Waals surface area contributed by atoms with E-state index in [1.54, 1.807) is 14.0 Å². The Kier molecular flexibility index (Phi) is 4.12. The molecule has 0 bridgehead atoms. The molecular formula is C12H14F3N. The van der Waals surface area contributed by atoms with Gasteiger partial charge in [0.15, 0.2) is 11.6 Å². The molecule has 1 aromatic carbocycles. The monoisotopic (exact) mass is 229 g/mol. The van der Waals surface area contributed by atoms with Gasteiger partial charge in [0.1, 0.15) is 5.82 Å². The van der Waals surface area contributed by atoms with Gasteiger partial charge in [0.25, 0.3) is 0 Å². The highest BCUT2D eigenvalue weighted by atomic mass is 19.2. The standard InChI is InChI=1S/C12H14F3N/c1-7(8(2)16-3)4-9-5-11(14)12(15)6-10(9)13/h4-6,8,16H,1-3H3/b7-4+. The van der Waals surface area contributed by atoms with E-state index in [0.29, 0.717) is 6.07 Å². The van der Waals surface area contributed by atoms with E-state index in [1.807, 2.05) is 6.92 Å². The number of rotatable bonds is 3. The predicted molar refractivity (Wildman–Crippen MR) is 58.5 cm³/mol. The predicted octanol–water partition coefficient (Wildman–Crippen LogP) is 3.12. The summed E-state index contributed by atoms with van der Waals surface area (Å²) in [5.74, 6) is -2.98. The molecule has 1 N–H and O–H groups in total. The van der Waals surface area contributed by atoms with E-state index in [0.717, 1.165) is 11.6 Å². The normalized spacial score (nSPS) is 14.0. The smallest absolute Gasteiger partial charge is 0.161 e. The van der Waals surface area contributed by atoms with Gasteiger partial charge in [-0.05, 0) is 27.0 Å². The minimum atomic E-state index is -1.17. The van der Waals surface area contributed by atoms with Crippen LogP contribution in [0.25, 0.3) is 6.08 Å². The summed E-state index contributed by atoms with van der Waals surface area (Å²) in [5, 5.41) is 2.97. The fourth-order valence-corrected chi connectivity index (χ4v) is 1.25. The summed E-state index contributed by atoms with van der Waals surface area (Å²) in [6.07, 6.45) is 1.50. The zero-order chi connectivity index (χ0) is 12.3. The zero-order valence-corrected chi connectivity index (χ0v) is 9.44. The Hall–Kier alpha value is -1.29. The molecule has 0 aliphatic carbocycles. The van der Waals surface area contributed by atoms with Crippen molar-refractivity contribution in [1.29, 1.82) is 0 Å². The van der Waals surface area contributed by atoms with Gasteiger partial charge < -0.3 is 5.32 Å². The summed E-state index contributed by atoms with van der Waals surface area (Å²) in [7, 11) is 1.77. The van der Waals surface area contributed by atoms with Gasteiger partial charge in [0.2, 0.25) is 0 Å². The maximum atomic E-state index is 13.3. The third kappa shape index (κ3) is 2.85. The van der Waals surface area contributed by atoms with Gasteiger partial charge in [-0.25, -0.2) is 13.2 Å². The number of halogens is 3. The second-order valence-corrected chi connectivity index (χ2v) is 3.69. The van der Waals surface area contributed by atoms with Gasteiger partial charge in [-0.15, -0.1) is 0 Å². The zero-order valence-electron chi connectivity index (χ0n) is 9.44. The first-order valence-electron chi connectivity index (χ1n) is 4.95. The van der Waals surface area contributed by atoms with Crippen molar-refractivity contribution in [2.75, 3.05) is 7.05 Å². The highest BCUT2D eigenvalue weighted by Gasteiger charge is 2.09. The second kappa shape index (κ2) is 5.16. The van der Waals surface area contributed by atoms with E-state index in [1.165, 1.54) is 6.08 Å². The third-order valence-electron chi connectivity index (χ3n) is 2.54. The summed E-state index contributed by atoms with van der Waals surface area (Å²) < 4.78 is 38.9. The molecule has 0 saturated carbocycles. The van der Waals surface area contributed by atoms with Crippen molar-refractivity contribution >= 4 is 6.08 Å². The number of nitrogens with one attached hydrogen (secondary N) is 1. The largest absolute Gasteiger partial charge is 0.314 e. The van der Waals surface area contributed by atoms with Gasteiger partial charge in [-0.2, -0.15) is 0 Å². The summed E-state index contributed by atoms with van der Waals surface area (Å²) in [4.78, 5) is 0. The molecule has 1 nitrogen and oxygen atoms in total. The number of hydrogen-bond donors (Lipinski definition) is 1. The lowest BCUT2D eigenvalue weighted by Crippen LogP contribution is -2.22. The van der Waals surface area contributed by atoms with Crippen LogP contribution in [0.3, 0.4) is 0 Å². The van der Waals surface area contributed by atoms with Crippen LogP contribution < -0.4 is 5.32 Å². The van der Waals surface area contributed by atoms with E-state index in [2.05, 4.69) is 5.32 Å². The minimum absolute atomic E-state index is 0.0486. The molecule has 4 heteroatoms. The Morgan fingerprint density at radius 2 is 1.75 bits per heavy atom. The van der Waals surface area contributed by atoms with Crippen LogP contribution in [-0.2, 0) is 0 Å². The first-order valence-corrected chi connectivity index (χ1v) is 4.95. The summed E-state index contributed by atoms with van der Waals surface area (Å²) >= 11 is 0. The van der Waals surface area contributed by atoms with Gasteiger partial charge in [0.05, 0.1) is 0 Å². The maximum absolute atomic E-state index is 13.3. The molecular weight excluding hydrogens is 215 g/mol. The lowest BCUT2D eigenvalue weighted by atomic mass is 10.1. The summed E-state index contributed by atoms with van der Waals surface area (Å²) in [6.45, 7) is 3.69. The quantitative estimate of drug-likeness (QED) is 0.785. The van der Waals surface area contributed by atoms with Crippen LogP contribution in [0.5, 0.6) is 0 Å². The molecule has 0 aliphatic rings. The van der Waals surface area contributed by atoms with Crippen LogP contribution in [-0.4, -0.2) is 13.1 Å². The van der Waals surface area contributed by atoms with Crippen molar-refractivity contribution in [3.8, 4) is 0 Å². The van der Waals surface area contributed by atoms with Gasteiger partial charge in [0, 0.05) is 17.7 Å². The average molecular weight is 229 g/mol. The molecule has 1 atom stereocenters. The fourth-order valence-electron chi connectivity index (χ4n) is 1.25. The minimum Gasteiger partial charge on any atom is -0.314 e. The average Bonchev–Trinajstić information content (AvgIpc) is 2.24. The van der Waals surface area contributed by atoms with Crippen LogP contribution in [0, 0.1) is 17.5 Å².